The van der Waals surface area contributed by atoms with Gasteiger partial charge in [-0.2, -0.15) is 5.10 Å². The van der Waals surface area contributed by atoms with Crippen LogP contribution in [0.1, 0.15) is 57.8 Å². The van der Waals surface area contributed by atoms with Crippen LogP contribution >= 0.6 is 0 Å². The summed E-state index contributed by atoms with van der Waals surface area (Å²) in [6, 6.07) is 0.0756. The average Bonchev–Trinajstić information content (AvgIpc) is 2.95. The number of hydrogen-bond donors (Lipinski definition) is 2. The van der Waals surface area contributed by atoms with E-state index < -0.39 is 0 Å². The predicted octanol–water partition coefficient (Wildman–Crippen LogP) is 3.16. The van der Waals surface area contributed by atoms with E-state index in [1.54, 1.807) is 6.20 Å². The second-order valence-corrected chi connectivity index (χ2v) is 8.02. The maximum absolute atomic E-state index is 12.4. The second kappa shape index (κ2) is 9.32. The van der Waals surface area contributed by atoms with Crippen LogP contribution in [0.2, 0.25) is 0 Å². The van der Waals surface area contributed by atoms with Crippen molar-refractivity contribution < 1.29 is 4.79 Å². The number of nitrogens with one attached hydrogen (secondary N) is 2. The summed E-state index contributed by atoms with van der Waals surface area (Å²) in [6.45, 7) is 4.12. The molecule has 0 spiro atoms. The third-order valence-electron chi connectivity index (χ3n) is 5.93. The van der Waals surface area contributed by atoms with Crippen LogP contribution in [0.25, 0.3) is 11.0 Å². The molecule has 152 valence electrons. The van der Waals surface area contributed by atoms with Gasteiger partial charge >= 0.3 is 6.03 Å². The Hall–Kier alpha value is -2.22. The van der Waals surface area contributed by atoms with Crippen LogP contribution in [0.5, 0.6) is 0 Å². The Morgan fingerprint density at radius 3 is 2.54 bits per heavy atom. The van der Waals surface area contributed by atoms with Gasteiger partial charge in [0.25, 0.3) is 0 Å². The fraction of sp³-hybridized carbons (Fsp3) is 0.700. The van der Waals surface area contributed by atoms with Crippen LogP contribution in [-0.4, -0.2) is 56.4 Å². The van der Waals surface area contributed by atoms with Crippen molar-refractivity contribution in [3.05, 3.63) is 12.5 Å². The minimum absolute atomic E-state index is 0.191. The van der Waals surface area contributed by atoms with Gasteiger partial charge in [-0.1, -0.05) is 32.1 Å². The first kappa shape index (κ1) is 19.1. The highest BCUT2D eigenvalue weighted by Gasteiger charge is 2.18. The lowest BCUT2D eigenvalue weighted by Gasteiger charge is -2.22. The van der Waals surface area contributed by atoms with Crippen LogP contribution in [0.4, 0.5) is 10.6 Å². The number of rotatable bonds is 5. The first-order chi connectivity index (χ1) is 13.8. The van der Waals surface area contributed by atoms with E-state index in [1.165, 1.54) is 64.4 Å². The fourth-order valence-electron chi connectivity index (χ4n) is 4.33. The molecular weight excluding hydrogens is 354 g/mol. The molecule has 0 radical (unpaired) electrons. The summed E-state index contributed by atoms with van der Waals surface area (Å²) in [4.78, 5) is 23.6. The van der Waals surface area contributed by atoms with Gasteiger partial charge < -0.3 is 10.2 Å². The molecule has 28 heavy (non-hydrogen) atoms. The number of carbonyl (C=O) groups is 1. The average molecular weight is 386 g/mol. The number of likely N-dealkylation sites (tertiary alicyclic amines) is 1. The molecule has 2 aromatic rings. The summed E-state index contributed by atoms with van der Waals surface area (Å²) < 4.78 is 1.92. The maximum atomic E-state index is 12.4. The first-order valence-electron chi connectivity index (χ1n) is 10.8. The van der Waals surface area contributed by atoms with Crippen molar-refractivity contribution >= 4 is 22.9 Å². The lowest BCUT2D eigenvalue weighted by molar-refractivity contribution is 0.244. The van der Waals surface area contributed by atoms with Crippen molar-refractivity contribution in [3.63, 3.8) is 0 Å². The Morgan fingerprint density at radius 2 is 1.75 bits per heavy atom. The Morgan fingerprint density at radius 1 is 1.00 bits per heavy atom. The molecule has 4 rings (SSSR count). The SMILES string of the molecule is O=C(Nc1ncnc2c1cnn2CCN1CCCCCC1)NC1CCCCC1. The molecule has 3 heterocycles. The summed E-state index contributed by atoms with van der Waals surface area (Å²) in [6.07, 6.45) is 14.3. The van der Waals surface area contributed by atoms with E-state index in [1.807, 2.05) is 4.68 Å². The molecule has 8 heteroatoms. The van der Waals surface area contributed by atoms with Gasteiger partial charge in [-0.05, 0) is 38.8 Å². The minimum Gasteiger partial charge on any atom is -0.335 e. The van der Waals surface area contributed by atoms with Gasteiger partial charge in [-0.15, -0.1) is 0 Å². The van der Waals surface area contributed by atoms with E-state index in [0.717, 1.165) is 37.0 Å². The number of urea groups is 1. The Kier molecular flexibility index (Phi) is 6.36. The van der Waals surface area contributed by atoms with Gasteiger partial charge in [0.1, 0.15) is 12.1 Å². The minimum atomic E-state index is -0.191. The molecule has 2 aromatic heterocycles. The van der Waals surface area contributed by atoms with Crippen molar-refractivity contribution in [3.8, 4) is 0 Å². The van der Waals surface area contributed by atoms with Crippen LogP contribution in [0.3, 0.4) is 0 Å². The van der Waals surface area contributed by atoms with Crippen LogP contribution < -0.4 is 10.6 Å². The molecular formula is C20H31N7O. The Labute approximate surface area is 166 Å². The van der Waals surface area contributed by atoms with E-state index >= 15 is 0 Å². The molecule has 1 aliphatic carbocycles. The van der Waals surface area contributed by atoms with Gasteiger partial charge in [0.05, 0.1) is 18.1 Å². The van der Waals surface area contributed by atoms with Gasteiger partial charge in [0.2, 0.25) is 0 Å². The van der Waals surface area contributed by atoms with E-state index in [0.29, 0.717) is 5.82 Å². The molecule has 0 bridgehead atoms. The largest absolute Gasteiger partial charge is 0.335 e. The van der Waals surface area contributed by atoms with Gasteiger partial charge in [-0.25, -0.2) is 19.4 Å². The predicted molar refractivity (Wildman–Crippen MR) is 109 cm³/mol. The molecule has 1 aliphatic heterocycles. The summed E-state index contributed by atoms with van der Waals surface area (Å²) >= 11 is 0. The molecule has 0 aromatic carbocycles. The first-order valence-corrected chi connectivity index (χ1v) is 10.8. The zero-order valence-electron chi connectivity index (χ0n) is 16.6. The highest BCUT2D eigenvalue weighted by molar-refractivity contribution is 5.97. The number of hydrogen-bond acceptors (Lipinski definition) is 5. The van der Waals surface area contributed by atoms with E-state index in [2.05, 4.69) is 30.6 Å². The summed E-state index contributed by atoms with van der Waals surface area (Å²) in [7, 11) is 0. The number of nitrogens with zero attached hydrogens (tertiary/aromatic N) is 5. The zero-order valence-corrected chi connectivity index (χ0v) is 16.6. The molecule has 1 saturated heterocycles. The van der Waals surface area contributed by atoms with Crippen molar-refractivity contribution in [2.24, 2.45) is 0 Å². The van der Waals surface area contributed by atoms with Gasteiger partial charge in [0.15, 0.2) is 5.65 Å². The highest BCUT2D eigenvalue weighted by atomic mass is 16.2. The van der Waals surface area contributed by atoms with Crippen molar-refractivity contribution in [2.45, 2.75) is 70.4 Å². The van der Waals surface area contributed by atoms with Crippen molar-refractivity contribution in [2.75, 3.05) is 25.0 Å². The zero-order chi connectivity index (χ0) is 19.2. The summed E-state index contributed by atoms with van der Waals surface area (Å²) in [5, 5.41) is 11.3. The van der Waals surface area contributed by atoms with Crippen LogP contribution in [0, 0.1) is 0 Å². The van der Waals surface area contributed by atoms with E-state index in [-0.39, 0.29) is 12.1 Å². The number of aromatic nitrogens is 4. The maximum Gasteiger partial charge on any atom is 0.320 e. The molecule has 8 nitrogen and oxygen atoms in total. The number of anilines is 1. The topological polar surface area (TPSA) is 88.0 Å². The highest BCUT2D eigenvalue weighted by Crippen LogP contribution is 2.20. The summed E-state index contributed by atoms with van der Waals surface area (Å²) in [5.41, 5.74) is 0.776. The molecule has 2 amide bonds. The summed E-state index contributed by atoms with van der Waals surface area (Å²) in [5.74, 6) is 0.527. The van der Waals surface area contributed by atoms with Crippen molar-refractivity contribution in [1.82, 2.24) is 30.0 Å². The monoisotopic (exact) mass is 385 g/mol. The number of amides is 2. The Bertz CT molecular complexity index is 776. The fourth-order valence-corrected chi connectivity index (χ4v) is 4.33. The van der Waals surface area contributed by atoms with Gasteiger partial charge in [-0.3, -0.25) is 5.32 Å². The van der Waals surface area contributed by atoms with E-state index in [4.69, 9.17) is 0 Å². The third kappa shape index (κ3) is 4.79. The molecule has 2 aliphatic rings. The quantitative estimate of drug-likeness (QED) is 0.825. The standard InChI is InChI=1S/C20H31N7O/c28-20(24-16-8-4-3-5-9-16)25-18-17-14-23-27(19(17)22-15-21-18)13-12-26-10-6-1-2-7-11-26/h14-16H,1-13H2,(H2,21,22,24,25,28). The smallest absolute Gasteiger partial charge is 0.320 e. The lowest BCUT2D eigenvalue weighted by Crippen LogP contribution is -2.39. The van der Waals surface area contributed by atoms with Crippen LogP contribution in [0.15, 0.2) is 12.5 Å². The molecule has 2 fully saturated rings. The van der Waals surface area contributed by atoms with Crippen molar-refractivity contribution in [1.29, 1.82) is 0 Å². The molecule has 2 N–H and O–H groups in total. The van der Waals surface area contributed by atoms with E-state index in [9.17, 15) is 4.79 Å². The lowest BCUT2D eigenvalue weighted by atomic mass is 9.96. The molecule has 0 atom stereocenters. The number of fused-ring (bicyclic) bond motifs is 1. The number of carbonyl (C=O) groups excluding carboxylic acids is 1. The second-order valence-electron chi connectivity index (χ2n) is 8.02. The normalized spacial score (nSPS) is 19.4. The van der Waals surface area contributed by atoms with Crippen LogP contribution in [-0.2, 0) is 6.54 Å². The Balaban J connectivity index is 1.39. The molecule has 0 unspecified atom stereocenters. The van der Waals surface area contributed by atoms with Gasteiger partial charge in [0, 0.05) is 12.6 Å². The third-order valence-corrected chi connectivity index (χ3v) is 5.93. The molecule has 1 saturated carbocycles.